The lowest BCUT2D eigenvalue weighted by Crippen LogP contribution is -2.35. The number of pyridine rings is 2. The number of carbonyl (C=O) groups excluding carboxylic acids is 1. The Balaban J connectivity index is 1.85. The Morgan fingerprint density at radius 2 is 1.97 bits per heavy atom. The molecule has 0 unspecified atom stereocenters. The number of nitrogens with zero attached hydrogens (tertiary/aromatic N) is 3. The number of carbonyl (C=O) groups is 1. The maximum Gasteiger partial charge on any atom is 0.414 e. The van der Waals surface area contributed by atoms with Crippen molar-refractivity contribution in [3.63, 3.8) is 0 Å². The summed E-state index contributed by atoms with van der Waals surface area (Å²) in [6, 6.07) is 7.77. The highest BCUT2D eigenvalue weighted by Gasteiger charge is 2.28. The van der Waals surface area contributed by atoms with E-state index in [9.17, 15) is 18.0 Å². The van der Waals surface area contributed by atoms with Gasteiger partial charge in [-0.05, 0) is 24.2 Å². The molecule has 1 N–H and O–H groups in total. The lowest BCUT2D eigenvalue weighted by Gasteiger charge is -2.17. The van der Waals surface area contributed by atoms with Gasteiger partial charge in [0, 0.05) is 44.1 Å². The lowest BCUT2D eigenvalue weighted by atomic mass is 10.2. The smallest absolute Gasteiger partial charge is 0.391 e. The fourth-order valence-corrected chi connectivity index (χ4v) is 3.88. The van der Waals surface area contributed by atoms with Gasteiger partial charge in [0.1, 0.15) is 18.4 Å². The number of halogens is 4. The molecule has 0 fully saturated rings. The molecule has 3 aromatic rings. The molecule has 0 spiro atoms. The number of hydrogen-bond donors (Lipinski definition) is 1. The predicted octanol–water partition coefficient (Wildman–Crippen LogP) is 5.71. The second-order valence-corrected chi connectivity index (χ2v) is 14.6. The standard InChI is InChI=1S/C21H24ClF3N4O3Si/c1-33(2,3)7-6-31-13-29-16(8-15-11-27-18(22)10-17(15)29)14-4-5-26-19(9-14)32-20(30)28-12-21(23,24)25/h4-5,8-11H,6-7,12-13H2,1-3H3,(H,28,30). The summed E-state index contributed by atoms with van der Waals surface area (Å²) >= 11 is 6.10. The Hall–Kier alpha value is -2.63. The number of fused-ring (bicyclic) bond motifs is 1. The summed E-state index contributed by atoms with van der Waals surface area (Å²) in [6.45, 7) is 6.17. The third-order valence-electron chi connectivity index (χ3n) is 4.63. The molecule has 178 valence electrons. The van der Waals surface area contributed by atoms with Crippen LogP contribution >= 0.6 is 11.6 Å². The zero-order chi connectivity index (χ0) is 24.2. The maximum absolute atomic E-state index is 12.3. The van der Waals surface area contributed by atoms with E-state index in [2.05, 4.69) is 29.6 Å². The maximum atomic E-state index is 12.3. The van der Waals surface area contributed by atoms with Crippen LogP contribution in [0.1, 0.15) is 0 Å². The van der Waals surface area contributed by atoms with Crippen LogP contribution in [0.4, 0.5) is 18.0 Å². The summed E-state index contributed by atoms with van der Waals surface area (Å²) in [6.07, 6.45) is -2.74. The molecule has 0 radical (unpaired) electrons. The Kier molecular flexibility index (Phi) is 7.65. The van der Waals surface area contributed by atoms with Crippen LogP contribution in [0.2, 0.25) is 30.8 Å². The summed E-state index contributed by atoms with van der Waals surface area (Å²) in [5, 5.41) is 2.80. The first-order valence-electron chi connectivity index (χ1n) is 10.1. The minimum absolute atomic E-state index is 0.139. The Bertz CT molecular complexity index is 1130. The van der Waals surface area contributed by atoms with E-state index in [0.29, 0.717) is 17.3 Å². The molecular weight excluding hydrogens is 477 g/mol. The van der Waals surface area contributed by atoms with Crippen LogP contribution in [0.3, 0.4) is 0 Å². The first-order chi connectivity index (χ1) is 15.4. The van der Waals surface area contributed by atoms with Gasteiger partial charge >= 0.3 is 12.3 Å². The van der Waals surface area contributed by atoms with Crippen molar-refractivity contribution in [3.8, 4) is 17.1 Å². The molecule has 3 aromatic heterocycles. The molecular formula is C21H24ClF3N4O3Si. The van der Waals surface area contributed by atoms with Crippen LogP contribution in [0.5, 0.6) is 5.88 Å². The van der Waals surface area contributed by atoms with Crippen molar-refractivity contribution in [2.75, 3.05) is 13.2 Å². The first kappa shape index (κ1) is 25.0. The molecule has 0 saturated carbocycles. The van der Waals surface area contributed by atoms with Crippen LogP contribution in [0.15, 0.2) is 36.7 Å². The van der Waals surface area contributed by atoms with Gasteiger partial charge < -0.3 is 19.4 Å². The monoisotopic (exact) mass is 500 g/mol. The number of nitrogens with one attached hydrogen (secondary N) is 1. The Morgan fingerprint density at radius 3 is 2.67 bits per heavy atom. The molecule has 3 heterocycles. The van der Waals surface area contributed by atoms with Gasteiger partial charge in [-0.15, -0.1) is 0 Å². The van der Waals surface area contributed by atoms with Crippen molar-refractivity contribution in [1.82, 2.24) is 19.9 Å². The normalized spacial score (nSPS) is 12.2. The molecule has 0 aliphatic rings. The number of ether oxygens (including phenoxy) is 2. The Labute approximate surface area is 194 Å². The van der Waals surface area contributed by atoms with Crippen molar-refractivity contribution in [2.24, 2.45) is 0 Å². The highest BCUT2D eigenvalue weighted by molar-refractivity contribution is 6.76. The molecule has 0 atom stereocenters. The van der Waals surface area contributed by atoms with Crippen LogP contribution in [0.25, 0.3) is 22.2 Å². The van der Waals surface area contributed by atoms with E-state index in [1.165, 1.54) is 12.3 Å². The minimum atomic E-state index is -4.54. The van der Waals surface area contributed by atoms with Crippen LogP contribution in [-0.4, -0.2) is 48.0 Å². The predicted molar refractivity (Wildman–Crippen MR) is 122 cm³/mol. The summed E-state index contributed by atoms with van der Waals surface area (Å²) in [4.78, 5) is 19.7. The molecule has 33 heavy (non-hydrogen) atoms. The highest BCUT2D eigenvalue weighted by atomic mass is 35.5. The van der Waals surface area contributed by atoms with Gasteiger partial charge in [0.25, 0.3) is 0 Å². The quantitative estimate of drug-likeness (QED) is 0.243. The van der Waals surface area contributed by atoms with E-state index in [4.69, 9.17) is 21.1 Å². The van der Waals surface area contributed by atoms with Crippen molar-refractivity contribution >= 4 is 36.7 Å². The lowest BCUT2D eigenvalue weighted by molar-refractivity contribution is -0.123. The number of hydrogen-bond acceptors (Lipinski definition) is 5. The number of aromatic nitrogens is 3. The fraction of sp³-hybridized carbons (Fsp3) is 0.381. The summed E-state index contributed by atoms with van der Waals surface area (Å²) in [7, 11) is -1.26. The first-order valence-corrected chi connectivity index (χ1v) is 14.2. The van der Waals surface area contributed by atoms with E-state index in [1.54, 1.807) is 23.6 Å². The second kappa shape index (κ2) is 10.1. The molecule has 3 rings (SSSR count). The topological polar surface area (TPSA) is 78.3 Å². The van der Waals surface area contributed by atoms with E-state index < -0.39 is 26.9 Å². The minimum Gasteiger partial charge on any atom is -0.391 e. The molecule has 7 nitrogen and oxygen atoms in total. The number of amides is 1. The number of alkyl halides is 3. The molecule has 0 bridgehead atoms. The zero-order valence-electron chi connectivity index (χ0n) is 18.4. The SMILES string of the molecule is C[Si](C)(C)CCOCn1c(-c2ccnc(OC(=O)NCC(F)(F)F)c2)cc2cnc(Cl)cc21. The van der Waals surface area contributed by atoms with E-state index in [1.807, 2.05) is 10.6 Å². The van der Waals surface area contributed by atoms with Gasteiger partial charge in [-0.1, -0.05) is 31.2 Å². The second-order valence-electron chi connectivity index (χ2n) is 8.61. The molecule has 0 aromatic carbocycles. The molecule has 1 amide bonds. The van der Waals surface area contributed by atoms with Gasteiger partial charge in [-0.3, -0.25) is 0 Å². The van der Waals surface area contributed by atoms with E-state index >= 15 is 0 Å². The van der Waals surface area contributed by atoms with E-state index in [0.717, 1.165) is 22.6 Å². The van der Waals surface area contributed by atoms with Crippen LogP contribution < -0.4 is 10.1 Å². The third kappa shape index (κ3) is 7.44. The molecule has 0 aliphatic heterocycles. The number of rotatable bonds is 8. The molecule has 0 aliphatic carbocycles. The van der Waals surface area contributed by atoms with Gasteiger partial charge in [-0.25, -0.2) is 14.8 Å². The molecule has 12 heteroatoms. The van der Waals surface area contributed by atoms with Crippen molar-refractivity contribution < 1.29 is 27.4 Å². The largest absolute Gasteiger partial charge is 0.414 e. The molecule has 0 saturated heterocycles. The highest BCUT2D eigenvalue weighted by Crippen LogP contribution is 2.30. The summed E-state index contributed by atoms with van der Waals surface area (Å²) in [5.74, 6) is -0.139. The van der Waals surface area contributed by atoms with Crippen LogP contribution in [0, 0.1) is 0 Å². The fourth-order valence-electron chi connectivity index (χ4n) is 2.97. The zero-order valence-corrected chi connectivity index (χ0v) is 20.1. The van der Waals surface area contributed by atoms with Crippen LogP contribution in [-0.2, 0) is 11.5 Å². The van der Waals surface area contributed by atoms with E-state index in [-0.39, 0.29) is 12.6 Å². The summed E-state index contributed by atoms with van der Waals surface area (Å²) < 4.78 is 49.6. The van der Waals surface area contributed by atoms with Crippen molar-refractivity contribution in [3.05, 3.63) is 41.8 Å². The van der Waals surface area contributed by atoms with Gasteiger partial charge in [0.05, 0.1) is 11.2 Å². The Morgan fingerprint density at radius 1 is 1.21 bits per heavy atom. The average Bonchev–Trinajstić information content (AvgIpc) is 3.06. The van der Waals surface area contributed by atoms with Gasteiger partial charge in [0.2, 0.25) is 5.88 Å². The van der Waals surface area contributed by atoms with Crippen molar-refractivity contribution in [2.45, 2.75) is 38.6 Å². The van der Waals surface area contributed by atoms with Gasteiger partial charge in [0.15, 0.2) is 0 Å². The van der Waals surface area contributed by atoms with Crippen molar-refractivity contribution in [1.29, 1.82) is 0 Å². The third-order valence-corrected chi connectivity index (χ3v) is 6.54. The van der Waals surface area contributed by atoms with Gasteiger partial charge in [-0.2, -0.15) is 13.2 Å². The summed E-state index contributed by atoms with van der Waals surface area (Å²) in [5.41, 5.74) is 2.16. The average molecular weight is 501 g/mol.